The molecule has 0 aromatic carbocycles. The van der Waals surface area contributed by atoms with E-state index in [-0.39, 0.29) is 0 Å². The topological polar surface area (TPSA) is 31.4 Å². The molecule has 1 aromatic rings. The maximum Gasteiger partial charge on any atom is 0.0599 e. The molecule has 0 saturated carbocycles. The lowest BCUT2D eigenvalue weighted by Gasteiger charge is -2.39. The second-order valence-corrected chi connectivity index (χ2v) is 4.81. The fourth-order valence-electron chi connectivity index (χ4n) is 2.31. The van der Waals surface area contributed by atoms with Gasteiger partial charge in [-0.25, -0.2) is 0 Å². The third-order valence-electron chi connectivity index (χ3n) is 3.56. The van der Waals surface area contributed by atoms with Gasteiger partial charge in [-0.2, -0.15) is 0 Å². The monoisotopic (exact) mass is 234 g/mol. The van der Waals surface area contributed by atoms with E-state index < -0.39 is 0 Å². The number of nitrogens with one attached hydrogen (secondary N) is 1. The van der Waals surface area contributed by atoms with Crippen molar-refractivity contribution in [3.05, 3.63) is 24.0 Å². The molecule has 1 aromatic heterocycles. The van der Waals surface area contributed by atoms with Gasteiger partial charge >= 0.3 is 0 Å². The van der Waals surface area contributed by atoms with E-state index >= 15 is 0 Å². The molecule has 2 heterocycles. The highest BCUT2D eigenvalue weighted by Gasteiger charge is 2.22. The number of nitrogens with zero attached hydrogens (tertiary/aromatic N) is 3. The van der Waals surface area contributed by atoms with Crippen molar-refractivity contribution in [3.8, 4) is 0 Å². The summed E-state index contributed by atoms with van der Waals surface area (Å²) in [5.74, 6) is 0. The van der Waals surface area contributed by atoms with Crippen molar-refractivity contribution in [1.29, 1.82) is 0 Å². The molecule has 0 amide bonds. The highest BCUT2D eigenvalue weighted by molar-refractivity contribution is 5.52. The van der Waals surface area contributed by atoms with E-state index in [1.807, 2.05) is 19.4 Å². The molecule has 0 spiro atoms. The first kappa shape index (κ1) is 12.3. The number of aromatic nitrogens is 1. The number of hydrogen-bond donors (Lipinski definition) is 1. The first-order valence-corrected chi connectivity index (χ1v) is 6.25. The number of piperazine rings is 1. The number of rotatable bonds is 3. The van der Waals surface area contributed by atoms with Crippen molar-refractivity contribution in [2.75, 3.05) is 38.6 Å². The molecule has 1 saturated heterocycles. The minimum atomic E-state index is 0.603. The van der Waals surface area contributed by atoms with Crippen LogP contribution in [0.3, 0.4) is 0 Å². The Morgan fingerprint density at radius 1 is 1.47 bits per heavy atom. The zero-order valence-electron chi connectivity index (χ0n) is 11.0. The second-order valence-electron chi connectivity index (χ2n) is 4.81. The molecule has 1 N–H and O–H groups in total. The van der Waals surface area contributed by atoms with Crippen LogP contribution < -0.4 is 10.2 Å². The minimum Gasteiger partial charge on any atom is -0.367 e. The van der Waals surface area contributed by atoms with Crippen LogP contribution in [0.1, 0.15) is 12.5 Å². The van der Waals surface area contributed by atoms with Crippen LogP contribution in [-0.4, -0.2) is 49.7 Å². The summed E-state index contributed by atoms with van der Waals surface area (Å²) in [6, 6.07) is 2.71. The summed E-state index contributed by atoms with van der Waals surface area (Å²) in [4.78, 5) is 9.12. The molecule has 2 rings (SSSR count). The SMILES string of the molecule is CNCc1ccncc1N1CCN(C)C(C)C1. The van der Waals surface area contributed by atoms with Gasteiger partial charge in [0, 0.05) is 38.4 Å². The van der Waals surface area contributed by atoms with Gasteiger partial charge in [-0.1, -0.05) is 0 Å². The summed E-state index contributed by atoms with van der Waals surface area (Å²) >= 11 is 0. The van der Waals surface area contributed by atoms with Gasteiger partial charge in [-0.15, -0.1) is 0 Å². The smallest absolute Gasteiger partial charge is 0.0599 e. The van der Waals surface area contributed by atoms with Gasteiger partial charge in [0.25, 0.3) is 0 Å². The van der Waals surface area contributed by atoms with Gasteiger partial charge in [0.1, 0.15) is 0 Å². The summed E-state index contributed by atoms with van der Waals surface area (Å²) in [5, 5.41) is 3.22. The lowest BCUT2D eigenvalue weighted by molar-refractivity contribution is 0.234. The molecule has 4 heteroatoms. The molecular weight excluding hydrogens is 212 g/mol. The second kappa shape index (κ2) is 5.47. The van der Waals surface area contributed by atoms with Gasteiger partial charge in [0.15, 0.2) is 0 Å². The standard InChI is InChI=1S/C13H22N4/c1-11-10-17(7-6-16(11)3)13-9-15-5-4-12(13)8-14-2/h4-5,9,11,14H,6-8,10H2,1-3H3. The van der Waals surface area contributed by atoms with Crippen LogP contribution >= 0.6 is 0 Å². The van der Waals surface area contributed by atoms with Gasteiger partial charge in [0.05, 0.1) is 11.9 Å². The molecular formula is C13H22N4. The molecule has 1 aliphatic heterocycles. The van der Waals surface area contributed by atoms with E-state index in [1.165, 1.54) is 11.3 Å². The Kier molecular flexibility index (Phi) is 3.97. The Morgan fingerprint density at radius 2 is 2.29 bits per heavy atom. The van der Waals surface area contributed by atoms with Crippen molar-refractivity contribution in [2.24, 2.45) is 0 Å². The Morgan fingerprint density at radius 3 is 3.00 bits per heavy atom. The molecule has 17 heavy (non-hydrogen) atoms. The van der Waals surface area contributed by atoms with Crippen LogP contribution in [0.15, 0.2) is 18.5 Å². The summed E-state index contributed by atoms with van der Waals surface area (Å²) in [6.07, 6.45) is 3.86. The summed E-state index contributed by atoms with van der Waals surface area (Å²) in [7, 11) is 4.18. The molecule has 0 aliphatic carbocycles. The summed E-state index contributed by atoms with van der Waals surface area (Å²) < 4.78 is 0. The fraction of sp³-hybridized carbons (Fsp3) is 0.615. The fourth-order valence-corrected chi connectivity index (χ4v) is 2.31. The first-order chi connectivity index (χ1) is 8.22. The van der Waals surface area contributed by atoms with Crippen LogP contribution in [0.4, 0.5) is 5.69 Å². The predicted octanol–water partition coefficient (Wildman–Crippen LogP) is 0.941. The third-order valence-corrected chi connectivity index (χ3v) is 3.56. The number of anilines is 1. The first-order valence-electron chi connectivity index (χ1n) is 6.25. The van der Waals surface area contributed by atoms with Crippen LogP contribution in [-0.2, 0) is 6.54 Å². The van der Waals surface area contributed by atoms with E-state index in [9.17, 15) is 0 Å². The van der Waals surface area contributed by atoms with E-state index in [0.717, 1.165) is 26.2 Å². The Labute approximate surface area is 104 Å². The lowest BCUT2D eigenvalue weighted by Crippen LogP contribution is -2.50. The quantitative estimate of drug-likeness (QED) is 0.843. The van der Waals surface area contributed by atoms with Crippen LogP contribution in [0.5, 0.6) is 0 Å². The van der Waals surface area contributed by atoms with E-state index in [4.69, 9.17) is 0 Å². The van der Waals surface area contributed by atoms with Crippen molar-refractivity contribution in [2.45, 2.75) is 19.5 Å². The molecule has 0 bridgehead atoms. The van der Waals surface area contributed by atoms with Crippen LogP contribution in [0, 0.1) is 0 Å². The van der Waals surface area contributed by atoms with Crippen molar-refractivity contribution in [3.63, 3.8) is 0 Å². The molecule has 4 nitrogen and oxygen atoms in total. The van der Waals surface area contributed by atoms with E-state index in [0.29, 0.717) is 6.04 Å². The molecule has 94 valence electrons. The van der Waals surface area contributed by atoms with Gasteiger partial charge in [0.2, 0.25) is 0 Å². The minimum absolute atomic E-state index is 0.603. The highest BCUT2D eigenvalue weighted by Crippen LogP contribution is 2.21. The zero-order chi connectivity index (χ0) is 12.3. The van der Waals surface area contributed by atoms with Gasteiger partial charge in [-0.3, -0.25) is 4.98 Å². The highest BCUT2D eigenvalue weighted by atomic mass is 15.3. The van der Waals surface area contributed by atoms with Crippen molar-refractivity contribution < 1.29 is 0 Å². The van der Waals surface area contributed by atoms with Crippen LogP contribution in [0.2, 0.25) is 0 Å². The molecule has 1 atom stereocenters. The average Bonchev–Trinajstić information content (AvgIpc) is 2.34. The number of pyridine rings is 1. The van der Waals surface area contributed by atoms with Gasteiger partial charge in [-0.05, 0) is 32.6 Å². The molecule has 1 aliphatic rings. The van der Waals surface area contributed by atoms with Crippen molar-refractivity contribution >= 4 is 5.69 Å². The largest absolute Gasteiger partial charge is 0.367 e. The van der Waals surface area contributed by atoms with Crippen LogP contribution in [0.25, 0.3) is 0 Å². The average molecular weight is 234 g/mol. The summed E-state index contributed by atoms with van der Waals surface area (Å²) in [5.41, 5.74) is 2.61. The van der Waals surface area contributed by atoms with E-state index in [2.05, 4.69) is 40.1 Å². The predicted molar refractivity (Wildman–Crippen MR) is 71.3 cm³/mol. The molecule has 1 fully saturated rings. The zero-order valence-corrected chi connectivity index (χ0v) is 11.0. The number of likely N-dealkylation sites (N-methyl/N-ethyl adjacent to an activating group) is 1. The van der Waals surface area contributed by atoms with Crippen molar-refractivity contribution in [1.82, 2.24) is 15.2 Å². The lowest BCUT2D eigenvalue weighted by atomic mass is 10.1. The maximum absolute atomic E-state index is 4.26. The Bertz CT molecular complexity index is 366. The maximum atomic E-state index is 4.26. The summed E-state index contributed by atoms with van der Waals surface area (Å²) in [6.45, 7) is 6.47. The normalized spacial score (nSPS) is 21.8. The number of hydrogen-bond acceptors (Lipinski definition) is 4. The van der Waals surface area contributed by atoms with E-state index in [1.54, 1.807) is 0 Å². The van der Waals surface area contributed by atoms with Gasteiger partial charge < -0.3 is 15.1 Å². The molecule has 0 radical (unpaired) electrons. The third kappa shape index (κ3) is 2.76. The molecule has 1 unspecified atom stereocenters. The Hall–Kier alpha value is -1.13. The Balaban J connectivity index is 2.16.